The summed E-state index contributed by atoms with van der Waals surface area (Å²) in [4.78, 5) is 0. The lowest BCUT2D eigenvalue weighted by Crippen LogP contribution is -2.15. The summed E-state index contributed by atoms with van der Waals surface area (Å²) >= 11 is 0. The van der Waals surface area contributed by atoms with E-state index in [0.717, 1.165) is 18.7 Å². The van der Waals surface area contributed by atoms with Crippen LogP contribution in [-0.4, -0.2) is 4.57 Å². The minimum atomic E-state index is -0.179. The summed E-state index contributed by atoms with van der Waals surface area (Å²) in [6.07, 6.45) is 2.07. The quantitative estimate of drug-likeness (QED) is 0.838. The van der Waals surface area contributed by atoms with Crippen molar-refractivity contribution in [3.8, 4) is 0 Å². The van der Waals surface area contributed by atoms with Crippen LogP contribution in [0.2, 0.25) is 0 Å². The van der Waals surface area contributed by atoms with E-state index in [1.807, 2.05) is 12.1 Å². The van der Waals surface area contributed by atoms with Gasteiger partial charge in [-0.15, -0.1) is 0 Å². The van der Waals surface area contributed by atoms with Crippen molar-refractivity contribution >= 4 is 0 Å². The zero-order valence-electron chi connectivity index (χ0n) is 9.99. The van der Waals surface area contributed by atoms with Crippen molar-refractivity contribution in [3.63, 3.8) is 0 Å². The maximum Gasteiger partial charge on any atom is 0.123 e. The van der Waals surface area contributed by atoms with Crippen molar-refractivity contribution in [1.82, 2.24) is 9.88 Å². The summed E-state index contributed by atoms with van der Waals surface area (Å²) in [5, 5.41) is 3.32. The average molecular weight is 232 g/mol. The van der Waals surface area contributed by atoms with Gasteiger partial charge in [-0.25, -0.2) is 4.39 Å². The molecule has 0 aliphatic rings. The molecule has 90 valence electrons. The molecule has 0 amide bonds. The molecule has 0 atom stereocenters. The van der Waals surface area contributed by atoms with Crippen molar-refractivity contribution in [3.05, 3.63) is 59.7 Å². The summed E-state index contributed by atoms with van der Waals surface area (Å²) in [5.74, 6) is -0.179. The molecule has 0 aliphatic carbocycles. The highest BCUT2D eigenvalue weighted by Gasteiger charge is 1.99. The number of benzene rings is 1. The van der Waals surface area contributed by atoms with Gasteiger partial charge in [-0.2, -0.15) is 0 Å². The normalized spacial score (nSPS) is 10.7. The number of hydrogen-bond acceptors (Lipinski definition) is 1. The molecule has 2 nitrogen and oxygen atoms in total. The Morgan fingerprint density at radius 3 is 2.82 bits per heavy atom. The third-order valence-electron chi connectivity index (χ3n) is 2.79. The summed E-state index contributed by atoms with van der Waals surface area (Å²) in [5.41, 5.74) is 2.23. The minimum absolute atomic E-state index is 0.179. The molecule has 2 aromatic rings. The number of halogens is 1. The lowest BCUT2D eigenvalue weighted by Gasteiger charge is -2.08. The van der Waals surface area contributed by atoms with E-state index in [1.165, 1.54) is 11.8 Å². The maximum atomic E-state index is 13.0. The van der Waals surface area contributed by atoms with Crippen LogP contribution in [0.25, 0.3) is 0 Å². The first-order chi connectivity index (χ1) is 8.29. The Morgan fingerprint density at radius 1 is 1.18 bits per heavy atom. The summed E-state index contributed by atoms with van der Waals surface area (Å²) in [6, 6.07) is 10.8. The van der Waals surface area contributed by atoms with E-state index >= 15 is 0 Å². The molecule has 0 radical (unpaired) electrons. The van der Waals surface area contributed by atoms with E-state index in [-0.39, 0.29) is 5.82 Å². The summed E-state index contributed by atoms with van der Waals surface area (Å²) in [6.45, 7) is 4.59. The molecule has 0 fully saturated rings. The lowest BCUT2D eigenvalue weighted by molar-refractivity contribution is 0.611. The molecule has 2 rings (SSSR count). The molecular weight excluding hydrogens is 215 g/mol. The Balaban J connectivity index is 1.87. The molecule has 0 aliphatic heterocycles. The molecule has 1 heterocycles. The third kappa shape index (κ3) is 3.17. The fraction of sp³-hybridized carbons (Fsp3) is 0.286. The summed E-state index contributed by atoms with van der Waals surface area (Å²) < 4.78 is 15.1. The predicted octanol–water partition coefficient (Wildman–Crippen LogP) is 2.94. The highest BCUT2D eigenvalue weighted by Crippen LogP contribution is 2.05. The van der Waals surface area contributed by atoms with Crippen LogP contribution in [0.15, 0.2) is 42.6 Å². The fourth-order valence-electron chi connectivity index (χ4n) is 1.90. The van der Waals surface area contributed by atoms with E-state index in [2.05, 4.69) is 29.1 Å². The van der Waals surface area contributed by atoms with Crippen LogP contribution < -0.4 is 5.32 Å². The van der Waals surface area contributed by atoms with Crippen LogP contribution in [0.5, 0.6) is 0 Å². The van der Waals surface area contributed by atoms with Gasteiger partial charge in [0.2, 0.25) is 0 Å². The molecule has 3 heteroatoms. The molecule has 17 heavy (non-hydrogen) atoms. The largest absolute Gasteiger partial charge is 0.351 e. The first-order valence-corrected chi connectivity index (χ1v) is 5.89. The van der Waals surface area contributed by atoms with Gasteiger partial charge in [0.15, 0.2) is 0 Å². The molecule has 1 N–H and O–H groups in total. The van der Waals surface area contributed by atoms with Crippen molar-refractivity contribution in [2.24, 2.45) is 0 Å². The van der Waals surface area contributed by atoms with Crippen molar-refractivity contribution in [2.45, 2.75) is 26.6 Å². The Labute approximate surface area is 101 Å². The van der Waals surface area contributed by atoms with E-state index < -0.39 is 0 Å². The van der Waals surface area contributed by atoms with Crippen molar-refractivity contribution in [2.75, 3.05) is 0 Å². The number of hydrogen-bond donors (Lipinski definition) is 1. The molecule has 0 saturated carbocycles. The van der Waals surface area contributed by atoms with Crippen LogP contribution >= 0.6 is 0 Å². The Kier molecular flexibility index (Phi) is 3.94. The Hall–Kier alpha value is -1.61. The predicted molar refractivity (Wildman–Crippen MR) is 67.0 cm³/mol. The van der Waals surface area contributed by atoms with Gasteiger partial charge in [0, 0.05) is 31.5 Å². The second-order valence-electron chi connectivity index (χ2n) is 4.02. The van der Waals surface area contributed by atoms with Gasteiger partial charge >= 0.3 is 0 Å². The molecule has 1 aromatic carbocycles. The van der Waals surface area contributed by atoms with E-state index in [4.69, 9.17) is 0 Å². The van der Waals surface area contributed by atoms with Crippen LogP contribution in [0.3, 0.4) is 0 Å². The number of rotatable bonds is 5. The maximum absolute atomic E-state index is 13.0. The van der Waals surface area contributed by atoms with Gasteiger partial charge in [-0.05, 0) is 36.8 Å². The Bertz CT molecular complexity index is 477. The monoisotopic (exact) mass is 232 g/mol. The zero-order chi connectivity index (χ0) is 12.1. The Morgan fingerprint density at radius 2 is 2.06 bits per heavy atom. The van der Waals surface area contributed by atoms with Gasteiger partial charge in [-0.3, -0.25) is 0 Å². The van der Waals surface area contributed by atoms with Gasteiger partial charge in [0.05, 0.1) is 0 Å². The minimum Gasteiger partial charge on any atom is -0.351 e. The van der Waals surface area contributed by atoms with Crippen molar-refractivity contribution < 1.29 is 4.39 Å². The van der Waals surface area contributed by atoms with E-state index in [0.29, 0.717) is 6.54 Å². The first kappa shape index (κ1) is 11.9. The van der Waals surface area contributed by atoms with Gasteiger partial charge in [0.25, 0.3) is 0 Å². The number of aryl methyl sites for hydroxylation is 1. The average Bonchev–Trinajstić information content (AvgIpc) is 2.77. The van der Waals surface area contributed by atoms with Crippen molar-refractivity contribution in [1.29, 1.82) is 0 Å². The van der Waals surface area contributed by atoms with Gasteiger partial charge in [0.1, 0.15) is 5.82 Å². The van der Waals surface area contributed by atoms with Crippen LogP contribution in [0.4, 0.5) is 4.39 Å². The van der Waals surface area contributed by atoms with E-state index in [1.54, 1.807) is 12.1 Å². The highest BCUT2D eigenvalue weighted by atomic mass is 19.1. The SMILES string of the molecule is CCn1cccc1CNCc1cccc(F)c1. The highest BCUT2D eigenvalue weighted by molar-refractivity contribution is 5.16. The topological polar surface area (TPSA) is 17.0 Å². The molecule has 0 saturated heterocycles. The molecule has 1 aromatic heterocycles. The second kappa shape index (κ2) is 5.64. The second-order valence-corrected chi connectivity index (χ2v) is 4.02. The van der Waals surface area contributed by atoms with E-state index in [9.17, 15) is 4.39 Å². The van der Waals surface area contributed by atoms with Crippen LogP contribution in [-0.2, 0) is 19.6 Å². The van der Waals surface area contributed by atoms with Gasteiger partial charge < -0.3 is 9.88 Å². The smallest absolute Gasteiger partial charge is 0.123 e. The molecule has 0 spiro atoms. The van der Waals surface area contributed by atoms with Gasteiger partial charge in [-0.1, -0.05) is 12.1 Å². The fourth-order valence-corrected chi connectivity index (χ4v) is 1.90. The standard InChI is InChI=1S/C14H17FN2/c1-2-17-8-4-7-14(17)11-16-10-12-5-3-6-13(15)9-12/h3-9,16H,2,10-11H2,1H3. The van der Waals surface area contributed by atoms with Crippen LogP contribution in [0.1, 0.15) is 18.2 Å². The first-order valence-electron chi connectivity index (χ1n) is 5.89. The number of nitrogens with zero attached hydrogens (tertiary/aromatic N) is 1. The molecule has 0 unspecified atom stereocenters. The zero-order valence-corrected chi connectivity index (χ0v) is 9.99. The molecular formula is C14H17FN2. The van der Waals surface area contributed by atoms with Crippen LogP contribution in [0, 0.1) is 5.82 Å². The molecule has 0 bridgehead atoms. The lowest BCUT2D eigenvalue weighted by atomic mass is 10.2. The third-order valence-corrected chi connectivity index (χ3v) is 2.79. The summed E-state index contributed by atoms with van der Waals surface area (Å²) in [7, 11) is 0. The number of aromatic nitrogens is 1. The number of nitrogens with one attached hydrogen (secondary N) is 1.